The zero-order chi connectivity index (χ0) is 16.4. The summed E-state index contributed by atoms with van der Waals surface area (Å²) in [7, 11) is 0.679. The summed E-state index contributed by atoms with van der Waals surface area (Å²) in [4.78, 5) is 0. The minimum absolute atomic E-state index is 0.339. The highest BCUT2D eigenvalue weighted by Crippen LogP contribution is 2.72. The van der Waals surface area contributed by atoms with E-state index >= 15 is 0 Å². The summed E-state index contributed by atoms with van der Waals surface area (Å²) < 4.78 is 0. The quantitative estimate of drug-likeness (QED) is 0.431. The van der Waals surface area contributed by atoms with E-state index in [2.05, 4.69) is 27.7 Å². The Morgan fingerprint density at radius 2 is 0.826 bits per heavy atom. The lowest BCUT2D eigenvalue weighted by molar-refractivity contribution is 0.696. The van der Waals surface area contributed by atoms with E-state index in [4.69, 9.17) is 0 Å². The second-order valence-corrected chi connectivity index (χ2v) is 14.4. The Morgan fingerprint density at radius 3 is 1.09 bits per heavy atom. The van der Waals surface area contributed by atoms with E-state index in [1.165, 1.54) is 37.0 Å². The lowest BCUT2D eigenvalue weighted by atomic mass is 10.1. The smallest absolute Gasteiger partial charge is 0.0136 e. The molecule has 3 rings (SSSR count). The fourth-order valence-corrected chi connectivity index (χ4v) is 16.1. The zero-order valence-electron chi connectivity index (χ0n) is 16.1. The summed E-state index contributed by atoms with van der Waals surface area (Å²) in [5, 5.41) is 0. The molecule has 6 atom stereocenters. The van der Waals surface area contributed by atoms with E-state index in [1.807, 2.05) is 0 Å². The van der Waals surface area contributed by atoms with Crippen molar-refractivity contribution in [3.8, 4) is 0 Å². The third-order valence-electron chi connectivity index (χ3n) is 7.45. The van der Waals surface area contributed by atoms with Crippen LogP contribution in [0.5, 0.6) is 0 Å². The average Bonchev–Trinajstić information content (AvgIpc) is 3.29. The summed E-state index contributed by atoms with van der Waals surface area (Å²) in [6, 6.07) is 0. The lowest BCUT2D eigenvalue weighted by Crippen LogP contribution is -2.26. The largest absolute Gasteiger partial charge is 0.0965 e. The first kappa shape index (κ1) is 18.6. The molecule has 134 valence electrons. The van der Waals surface area contributed by atoms with Gasteiger partial charge in [-0.25, -0.2) is 0 Å². The van der Waals surface area contributed by atoms with E-state index < -0.39 is 0 Å². The van der Waals surface area contributed by atoms with Gasteiger partial charge >= 0.3 is 0 Å². The SMILES string of the molecule is CC[C@@H]1CC[C@@H](CC)P1C1CCCC1P1[C@@H](CC)CC[C@@H]1CC. The van der Waals surface area contributed by atoms with E-state index in [0.29, 0.717) is 15.8 Å². The van der Waals surface area contributed by atoms with Crippen LogP contribution in [0.25, 0.3) is 0 Å². The molecular formula is C21H40P2. The molecule has 2 unspecified atom stereocenters. The molecule has 2 heterocycles. The minimum atomic E-state index is 0.339. The van der Waals surface area contributed by atoms with Gasteiger partial charge in [0.25, 0.3) is 0 Å². The third kappa shape index (κ3) is 3.56. The van der Waals surface area contributed by atoms with Crippen molar-refractivity contribution in [2.45, 2.75) is 132 Å². The van der Waals surface area contributed by atoms with Gasteiger partial charge in [-0.2, -0.15) is 0 Å². The fraction of sp³-hybridized carbons (Fsp3) is 1.00. The summed E-state index contributed by atoms with van der Waals surface area (Å²) in [5.41, 5.74) is 6.93. The van der Waals surface area contributed by atoms with Crippen LogP contribution in [0.4, 0.5) is 0 Å². The fourth-order valence-electron chi connectivity index (χ4n) is 6.32. The molecule has 0 aromatic rings. The van der Waals surface area contributed by atoms with Gasteiger partial charge in [0.1, 0.15) is 0 Å². The molecule has 0 nitrogen and oxygen atoms in total. The number of hydrogen-bond acceptors (Lipinski definition) is 0. The van der Waals surface area contributed by atoms with Gasteiger partial charge in [-0.05, 0) is 98.2 Å². The molecule has 2 heteroatoms. The first-order valence-electron chi connectivity index (χ1n) is 10.8. The first-order chi connectivity index (χ1) is 11.2. The van der Waals surface area contributed by atoms with Crippen LogP contribution in [-0.2, 0) is 0 Å². The zero-order valence-corrected chi connectivity index (χ0v) is 17.9. The molecule has 2 saturated heterocycles. The van der Waals surface area contributed by atoms with E-state index in [9.17, 15) is 0 Å². The van der Waals surface area contributed by atoms with Crippen LogP contribution in [0.2, 0.25) is 0 Å². The second kappa shape index (κ2) is 8.49. The molecule has 3 aliphatic rings. The summed E-state index contributed by atoms with van der Waals surface area (Å²) in [6.45, 7) is 9.97. The molecule has 0 aromatic heterocycles. The molecule has 0 bridgehead atoms. The van der Waals surface area contributed by atoms with Crippen LogP contribution < -0.4 is 0 Å². The molecule has 0 radical (unpaired) electrons. The van der Waals surface area contributed by atoms with Crippen molar-refractivity contribution < 1.29 is 0 Å². The van der Waals surface area contributed by atoms with Gasteiger partial charge in [0.2, 0.25) is 0 Å². The summed E-state index contributed by atoms with van der Waals surface area (Å²) in [5.74, 6) is 0. The van der Waals surface area contributed by atoms with Gasteiger partial charge in [-0.3, -0.25) is 0 Å². The maximum atomic E-state index is 2.49. The number of rotatable bonds is 6. The second-order valence-electron chi connectivity index (χ2n) is 8.36. The van der Waals surface area contributed by atoms with Crippen molar-refractivity contribution in [2.75, 3.05) is 0 Å². The lowest BCUT2D eigenvalue weighted by Gasteiger charge is -2.40. The van der Waals surface area contributed by atoms with Gasteiger partial charge in [0.05, 0.1) is 0 Å². The molecule has 1 aliphatic carbocycles. The molecule has 0 spiro atoms. The van der Waals surface area contributed by atoms with Crippen LogP contribution in [0, 0.1) is 0 Å². The van der Waals surface area contributed by atoms with Crippen molar-refractivity contribution in [2.24, 2.45) is 0 Å². The minimum Gasteiger partial charge on any atom is -0.0965 e. The van der Waals surface area contributed by atoms with Crippen molar-refractivity contribution in [3.63, 3.8) is 0 Å². The Kier molecular flexibility index (Phi) is 6.89. The maximum absolute atomic E-state index is 2.49. The predicted octanol–water partition coefficient (Wildman–Crippen LogP) is 7.57. The normalized spacial score (nSPS) is 42.8. The molecule has 0 aromatic carbocycles. The third-order valence-corrected chi connectivity index (χ3v) is 16.3. The first-order valence-corrected chi connectivity index (χ1v) is 13.9. The monoisotopic (exact) mass is 354 g/mol. The van der Waals surface area contributed by atoms with E-state index in [1.54, 1.807) is 44.9 Å². The van der Waals surface area contributed by atoms with Gasteiger partial charge in [0.15, 0.2) is 0 Å². The highest BCUT2D eigenvalue weighted by Gasteiger charge is 2.49. The van der Waals surface area contributed by atoms with Crippen LogP contribution in [0.3, 0.4) is 0 Å². The van der Waals surface area contributed by atoms with Gasteiger partial charge in [-0.15, -0.1) is 0 Å². The summed E-state index contributed by atoms with van der Waals surface area (Å²) in [6.07, 6.45) is 17.1. The molecule has 0 N–H and O–H groups in total. The van der Waals surface area contributed by atoms with Crippen molar-refractivity contribution >= 4 is 15.8 Å². The molecule has 1 saturated carbocycles. The Morgan fingerprint density at radius 1 is 0.522 bits per heavy atom. The topological polar surface area (TPSA) is 0 Å². The highest BCUT2D eigenvalue weighted by molar-refractivity contribution is 7.64. The molecule has 0 amide bonds. The van der Waals surface area contributed by atoms with Crippen molar-refractivity contribution in [1.29, 1.82) is 0 Å². The summed E-state index contributed by atoms with van der Waals surface area (Å²) >= 11 is 0. The molecule has 23 heavy (non-hydrogen) atoms. The van der Waals surface area contributed by atoms with Gasteiger partial charge in [-0.1, -0.05) is 50.0 Å². The Bertz CT molecular complexity index is 311. The average molecular weight is 354 g/mol. The molecule has 2 aliphatic heterocycles. The Hall–Kier alpha value is 0.860. The molecular weight excluding hydrogens is 314 g/mol. The molecule has 3 fully saturated rings. The predicted molar refractivity (Wildman–Crippen MR) is 110 cm³/mol. The van der Waals surface area contributed by atoms with Gasteiger partial charge < -0.3 is 0 Å². The van der Waals surface area contributed by atoms with Crippen molar-refractivity contribution in [1.82, 2.24) is 0 Å². The van der Waals surface area contributed by atoms with E-state index in [-0.39, 0.29) is 0 Å². The van der Waals surface area contributed by atoms with Crippen LogP contribution in [0.15, 0.2) is 0 Å². The van der Waals surface area contributed by atoms with Gasteiger partial charge in [0, 0.05) is 0 Å². The number of hydrogen-bond donors (Lipinski definition) is 0. The van der Waals surface area contributed by atoms with E-state index in [0.717, 1.165) is 22.6 Å². The standard InChI is InChI=1S/C21H40P2/c1-5-16-12-13-17(6-2)22(16)20-10-9-11-21(20)23-18(7-3)14-15-19(23)8-4/h16-21H,5-15H2,1-4H3/t16-,17-,18+,19+,20?,21?. The highest BCUT2D eigenvalue weighted by atomic mass is 31.1. The van der Waals surface area contributed by atoms with Crippen LogP contribution in [0.1, 0.15) is 98.3 Å². The Balaban J connectivity index is 1.81. The Labute approximate surface area is 148 Å². The van der Waals surface area contributed by atoms with Crippen LogP contribution in [-0.4, -0.2) is 34.0 Å². The maximum Gasteiger partial charge on any atom is -0.0136 e. The van der Waals surface area contributed by atoms with Crippen LogP contribution >= 0.6 is 15.8 Å². The van der Waals surface area contributed by atoms with Crippen molar-refractivity contribution in [3.05, 3.63) is 0 Å².